The monoisotopic (exact) mass is 292 g/mol. The summed E-state index contributed by atoms with van der Waals surface area (Å²) in [7, 11) is 1.60. The van der Waals surface area contributed by atoms with Crippen LogP contribution in [0.15, 0.2) is 24.3 Å². The number of cyclic esters (lactones) is 1. The van der Waals surface area contributed by atoms with Gasteiger partial charge in [0.2, 0.25) is 0 Å². The van der Waals surface area contributed by atoms with Crippen LogP contribution in [0.1, 0.15) is 25.3 Å². The molecule has 0 bridgehead atoms. The Kier molecular flexibility index (Phi) is 5.33. The number of ether oxygens (including phenoxy) is 3. The summed E-state index contributed by atoms with van der Waals surface area (Å²) < 4.78 is 15.9. The van der Waals surface area contributed by atoms with Crippen LogP contribution in [-0.4, -0.2) is 31.6 Å². The molecule has 1 aliphatic rings. The molecule has 5 heteroatoms. The maximum Gasteiger partial charge on any atom is 0.306 e. The first kappa shape index (κ1) is 15.5. The summed E-state index contributed by atoms with van der Waals surface area (Å²) in [5.41, 5.74) is 0.929. The minimum atomic E-state index is -0.723. The molecule has 2 rings (SSSR count). The molecule has 114 valence electrons. The van der Waals surface area contributed by atoms with E-state index in [1.54, 1.807) is 7.11 Å². The van der Waals surface area contributed by atoms with Crippen molar-refractivity contribution in [3.05, 3.63) is 29.8 Å². The lowest BCUT2D eigenvalue weighted by Crippen LogP contribution is -2.39. The minimum Gasteiger partial charge on any atom is -0.497 e. The van der Waals surface area contributed by atoms with Gasteiger partial charge in [-0.25, -0.2) is 0 Å². The van der Waals surface area contributed by atoms with Gasteiger partial charge in [0, 0.05) is 6.42 Å². The van der Waals surface area contributed by atoms with E-state index in [2.05, 4.69) is 0 Å². The van der Waals surface area contributed by atoms with Crippen molar-refractivity contribution in [1.29, 1.82) is 0 Å². The van der Waals surface area contributed by atoms with E-state index in [0.29, 0.717) is 19.1 Å². The number of hydrogen-bond acceptors (Lipinski definition) is 5. The Labute approximate surface area is 124 Å². The van der Waals surface area contributed by atoms with Crippen molar-refractivity contribution < 1.29 is 23.8 Å². The van der Waals surface area contributed by atoms with Gasteiger partial charge in [-0.2, -0.15) is 0 Å². The van der Waals surface area contributed by atoms with E-state index in [4.69, 9.17) is 14.2 Å². The first-order valence-corrected chi connectivity index (χ1v) is 7.01. The van der Waals surface area contributed by atoms with Crippen LogP contribution in [0.2, 0.25) is 0 Å². The molecule has 3 atom stereocenters. The molecule has 5 nitrogen and oxygen atoms in total. The van der Waals surface area contributed by atoms with Gasteiger partial charge in [-0.1, -0.05) is 19.1 Å². The standard InChI is InChI=1S/C16H20O5/c1-11-7-14(21-16(18)8-11)15(9-17)20-10-12-3-5-13(19-2)6-4-12/h3-6,9,11,14-15H,7-8,10H2,1-2H3/t11-,14+,15-/m1/s1. The first-order valence-electron chi connectivity index (χ1n) is 7.01. The Balaban J connectivity index is 1.92. The number of rotatable bonds is 6. The Hall–Kier alpha value is -1.88. The fraction of sp³-hybridized carbons (Fsp3) is 0.500. The fourth-order valence-electron chi connectivity index (χ4n) is 2.38. The van der Waals surface area contributed by atoms with Gasteiger partial charge < -0.3 is 19.0 Å². The number of carbonyl (C=O) groups is 2. The second-order valence-corrected chi connectivity index (χ2v) is 5.33. The average Bonchev–Trinajstić information content (AvgIpc) is 2.47. The molecule has 21 heavy (non-hydrogen) atoms. The molecule has 1 aromatic rings. The highest BCUT2D eigenvalue weighted by Crippen LogP contribution is 2.24. The Morgan fingerprint density at radius 2 is 2.10 bits per heavy atom. The number of aldehydes is 1. The molecule has 0 N–H and O–H groups in total. The van der Waals surface area contributed by atoms with Crippen LogP contribution in [0.25, 0.3) is 0 Å². The Morgan fingerprint density at radius 1 is 1.38 bits per heavy atom. The van der Waals surface area contributed by atoms with Crippen molar-refractivity contribution in [3.63, 3.8) is 0 Å². The van der Waals surface area contributed by atoms with Crippen molar-refractivity contribution in [2.75, 3.05) is 7.11 Å². The molecule has 1 fully saturated rings. The topological polar surface area (TPSA) is 61.8 Å². The van der Waals surface area contributed by atoms with Gasteiger partial charge in [-0.05, 0) is 30.0 Å². The molecule has 1 aromatic carbocycles. The number of esters is 1. The number of methoxy groups -OCH3 is 1. The van der Waals surface area contributed by atoms with Crippen LogP contribution in [0, 0.1) is 5.92 Å². The van der Waals surface area contributed by atoms with Gasteiger partial charge in [0.05, 0.1) is 13.7 Å². The van der Waals surface area contributed by atoms with E-state index in [9.17, 15) is 9.59 Å². The summed E-state index contributed by atoms with van der Waals surface area (Å²) in [5.74, 6) is 0.711. The summed E-state index contributed by atoms with van der Waals surface area (Å²) in [4.78, 5) is 22.6. The summed E-state index contributed by atoms with van der Waals surface area (Å²) >= 11 is 0. The van der Waals surface area contributed by atoms with E-state index in [1.807, 2.05) is 31.2 Å². The summed E-state index contributed by atoms with van der Waals surface area (Å²) in [5, 5.41) is 0. The van der Waals surface area contributed by atoms with Gasteiger partial charge in [-0.3, -0.25) is 4.79 Å². The van der Waals surface area contributed by atoms with Crippen LogP contribution < -0.4 is 4.74 Å². The molecule has 0 aromatic heterocycles. The zero-order valence-corrected chi connectivity index (χ0v) is 12.3. The van der Waals surface area contributed by atoms with Crippen molar-refractivity contribution >= 4 is 12.3 Å². The molecule has 0 spiro atoms. The molecule has 0 unspecified atom stereocenters. The van der Waals surface area contributed by atoms with Gasteiger partial charge in [0.15, 0.2) is 6.29 Å². The third kappa shape index (κ3) is 4.29. The average molecular weight is 292 g/mol. The van der Waals surface area contributed by atoms with Gasteiger partial charge in [0.25, 0.3) is 0 Å². The van der Waals surface area contributed by atoms with E-state index >= 15 is 0 Å². The largest absolute Gasteiger partial charge is 0.497 e. The minimum absolute atomic E-state index is 0.211. The van der Waals surface area contributed by atoms with E-state index in [1.165, 1.54) is 0 Å². The predicted octanol–water partition coefficient (Wildman–Crippen LogP) is 2.12. The SMILES string of the molecule is COc1ccc(CO[C@H](C=O)[C@@H]2C[C@@H](C)CC(=O)O2)cc1. The predicted molar refractivity (Wildman–Crippen MR) is 75.9 cm³/mol. The van der Waals surface area contributed by atoms with Crippen molar-refractivity contribution in [2.45, 2.75) is 38.6 Å². The van der Waals surface area contributed by atoms with Gasteiger partial charge >= 0.3 is 5.97 Å². The van der Waals surface area contributed by atoms with Crippen LogP contribution in [-0.2, 0) is 25.7 Å². The van der Waals surface area contributed by atoms with Crippen molar-refractivity contribution in [3.8, 4) is 5.75 Å². The first-order chi connectivity index (χ1) is 10.1. The normalized spacial score (nSPS) is 23.2. The van der Waals surface area contributed by atoms with Gasteiger partial charge in [-0.15, -0.1) is 0 Å². The third-order valence-electron chi connectivity index (χ3n) is 3.53. The Morgan fingerprint density at radius 3 is 2.67 bits per heavy atom. The van der Waals surface area contributed by atoms with Crippen LogP contribution >= 0.6 is 0 Å². The molecule has 1 saturated heterocycles. The van der Waals surface area contributed by atoms with Crippen molar-refractivity contribution in [1.82, 2.24) is 0 Å². The molecule has 0 amide bonds. The molecule has 0 radical (unpaired) electrons. The lowest BCUT2D eigenvalue weighted by molar-refractivity contribution is -0.168. The highest BCUT2D eigenvalue weighted by molar-refractivity contribution is 5.71. The highest BCUT2D eigenvalue weighted by atomic mass is 16.6. The lowest BCUT2D eigenvalue weighted by atomic mass is 9.94. The maximum absolute atomic E-state index is 11.4. The third-order valence-corrected chi connectivity index (χ3v) is 3.53. The van der Waals surface area contributed by atoms with E-state index in [-0.39, 0.29) is 18.5 Å². The fourth-order valence-corrected chi connectivity index (χ4v) is 2.38. The second-order valence-electron chi connectivity index (χ2n) is 5.33. The van der Waals surface area contributed by atoms with E-state index < -0.39 is 12.2 Å². The van der Waals surface area contributed by atoms with Gasteiger partial charge in [0.1, 0.15) is 18.0 Å². The van der Waals surface area contributed by atoms with Crippen LogP contribution in [0.4, 0.5) is 0 Å². The molecule has 0 saturated carbocycles. The lowest BCUT2D eigenvalue weighted by Gasteiger charge is -2.30. The molecular weight excluding hydrogens is 272 g/mol. The van der Waals surface area contributed by atoms with E-state index in [0.717, 1.165) is 11.3 Å². The van der Waals surface area contributed by atoms with Crippen LogP contribution in [0.3, 0.4) is 0 Å². The summed E-state index contributed by atoms with van der Waals surface area (Å²) in [6.07, 6.45) is 0.550. The summed E-state index contributed by atoms with van der Waals surface area (Å²) in [6, 6.07) is 7.40. The molecule has 1 aliphatic heterocycles. The molecular formula is C16H20O5. The second kappa shape index (κ2) is 7.22. The molecule has 0 aliphatic carbocycles. The zero-order valence-electron chi connectivity index (χ0n) is 12.3. The Bertz CT molecular complexity index is 482. The number of hydrogen-bond donors (Lipinski definition) is 0. The van der Waals surface area contributed by atoms with Crippen molar-refractivity contribution in [2.24, 2.45) is 5.92 Å². The zero-order chi connectivity index (χ0) is 15.2. The summed E-state index contributed by atoms with van der Waals surface area (Å²) in [6.45, 7) is 2.26. The quantitative estimate of drug-likeness (QED) is 0.593. The van der Waals surface area contributed by atoms with Crippen LogP contribution in [0.5, 0.6) is 5.75 Å². The maximum atomic E-state index is 11.4. The molecule has 1 heterocycles. The smallest absolute Gasteiger partial charge is 0.306 e. The highest BCUT2D eigenvalue weighted by Gasteiger charge is 2.32. The number of benzene rings is 1. The number of carbonyl (C=O) groups excluding carboxylic acids is 2.